The maximum absolute atomic E-state index is 12.4. The van der Waals surface area contributed by atoms with Gasteiger partial charge in [-0.15, -0.1) is 0 Å². The third kappa shape index (κ3) is 40.0. The second-order valence-electron chi connectivity index (χ2n) is 17.5. The number of nitrogens with one attached hydrogen (secondary N) is 1. The molecule has 6 nitrogen and oxygen atoms in total. The van der Waals surface area contributed by atoms with E-state index in [1.807, 2.05) is 0 Å². The number of hydrogen-bond acceptors (Lipinski definition) is 5. The molecule has 0 heterocycles. The Balaban J connectivity index is 3.55. The van der Waals surface area contributed by atoms with Gasteiger partial charge < -0.3 is 25.7 Å². The normalized spacial score (nSPS) is 14.1. The van der Waals surface area contributed by atoms with E-state index in [1.54, 1.807) is 0 Å². The van der Waals surface area contributed by atoms with Crippen LogP contribution in [0.2, 0.25) is 0 Å². The van der Waals surface area contributed by atoms with E-state index in [2.05, 4.69) is 43.5 Å². The summed E-state index contributed by atoms with van der Waals surface area (Å²) in [6.45, 7) is 3.98. The fraction of sp³-hybridized carbons (Fsp3) is 0.902. The van der Waals surface area contributed by atoms with Crippen molar-refractivity contribution in [3.05, 3.63) is 24.3 Å². The number of amides is 1. The number of aliphatic hydroxyl groups is 4. The molecule has 1 amide bonds. The fourth-order valence-corrected chi connectivity index (χ4v) is 7.86. The Hall–Kier alpha value is -1.21. The summed E-state index contributed by atoms with van der Waals surface area (Å²) in [5.41, 5.74) is 0. The lowest BCUT2D eigenvalue weighted by Gasteiger charge is -2.27. The Morgan fingerprint density at radius 2 is 0.737 bits per heavy atom. The van der Waals surface area contributed by atoms with Gasteiger partial charge in [-0.2, -0.15) is 0 Å². The maximum Gasteiger partial charge on any atom is 0.249 e. The van der Waals surface area contributed by atoms with E-state index < -0.39 is 36.9 Å². The lowest BCUT2D eigenvalue weighted by Crippen LogP contribution is -2.53. The smallest absolute Gasteiger partial charge is 0.249 e. The van der Waals surface area contributed by atoms with Crippen molar-refractivity contribution in [2.24, 2.45) is 0 Å². The van der Waals surface area contributed by atoms with Crippen LogP contribution in [0.5, 0.6) is 0 Å². The summed E-state index contributed by atoms with van der Waals surface area (Å²) in [6, 6.07) is -1.01. The van der Waals surface area contributed by atoms with Crippen LogP contribution in [0.3, 0.4) is 0 Å². The van der Waals surface area contributed by atoms with E-state index >= 15 is 0 Å². The Kier molecular flexibility index (Phi) is 44.9. The van der Waals surface area contributed by atoms with Gasteiger partial charge in [0, 0.05) is 0 Å². The number of hydrogen-bond donors (Lipinski definition) is 5. The van der Waals surface area contributed by atoms with Crippen LogP contribution < -0.4 is 5.32 Å². The summed E-state index contributed by atoms with van der Waals surface area (Å²) in [5.74, 6) is -0.608. The summed E-state index contributed by atoms with van der Waals surface area (Å²) in [4.78, 5) is 12.4. The lowest BCUT2D eigenvalue weighted by atomic mass is 10.00. The predicted octanol–water partition coefficient (Wildman–Crippen LogP) is 13.9. The minimum atomic E-state index is -1.28. The highest BCUT2D eigenvalue weighted by Gasteiger charge is 2.28. The van der Waals surface area contributed by atoms with E-state index in [1.165, 1.54) is 186 Å². The standard InChI is InChI=1S/C51H99NO5/c1-3-5-7-9-11-13-14-15-16-17-18-19-20-21-22-23-24-25-26-27-28-29-30-31-32-33-34-35-37-38-40-42-44-48(54)50(56)47(46-53)52-51(57)49(55)45-43-41-39-36-12-10-8-6-4-2/h10,12,37-38,47-50,53-56H,3-9,11,13-36,39-46H2,1-2H3,(H,52,57)/b12-10-,38-37+. The summed E-state index contributed by atoms with van der Waals surface area (Å²) >= 11 is 0. The van der Waals surface area contributed by atoms with Gasteiger partial charge in [0.15, 0.2) is 0 Å². The molecular formula is C51H99NO5. The average molecular weight is 806 g/mol. The van der Waals surface area contributed by atoms with Crippen molar-refractivity contribution >= 4 is 5.91 Å². The predicted molar refractivity (Wildman–Crippen MR) is 247 cm³/mol. The molecule has 0 saturated heterocycles. The second kappa shape index (κ2) is 45.9. The molecule has 0 aliphatic carbocycles. The molecule has 4 unspecified atom stereocenters. The monoisotopic (exact) mass is 806 g/mol. The first kappa shape index (κ1) is 55.8. The zero-order valence-corrected chi connectivity index (χ0v) is 38.1. The summed E-state index contributed by atoms with van der Waals surface area (Å²) in [7, 11) is 0. The summed E-state index contributed by atoms with van der Waals surface area (Å²) in [5, 5.41) is 43.5. The third-order valence-electron chi connectivity index (χ3n) is 11.9. The van der Waals surface area contributed by atoms with Gasteiger partial charge in [0.05, 0.1) is 18.8 Å². The number of allylic oxidation sites excluding steroid dienone is 4. The molecular weight excluding hydrogens is 707 g/mol. The van der Waals surface area contributed by atoms with Crippen molar-refractivity contribution in [2.75, 3.05) is 6.61 Å². The number of carbonyl (C=O) groups excluding carboxylic acids is 1. The highest BCUT2D eigenvalue weighted by atomic mass is 16.3. The minimum Gasteiger partial charge on any atom is -0.394 e. The number of aliphatic hydroxyl groups excluding tert-OH is 4. The number of unbranched alkanes of at least 4 members (excludes halogenated alkanes) is 33. The first-order valence-corrected chi connectivity index (χ1v) is 25.2. The van der Waals surface area contributed by atoms with E-state index in [-0.39, 0.29) is 0 Å². The Morgan fingerprint density at radius 3 is 1.11 bits per heavy atom. The van der Waals surface area contributed by atoms with E-state index in [0.29, 0.717) is 12.8 Å². The van der Waals surface area contributed by atoms with Crippen molar-refractivity contribution in [1.29, 1.82) is 0 Å². The molecule has 0 rings (SSSR count). The lowest BCUT2D eigenvalue weighted by molar-refractivity contribution is -0.132. The number of carbonyl (C=O) groups is 1. The summed E-state index contributed by atoms with van der Waals surface area (Å²) < 4.78 is 0. The molecule has 0 spiro atoms. The SMILES string of the molecule is CCCC/C=C\CCCCCC(O)C(=O)NC(CO)C(O)C(O)CCC/C=C/CCCCCCCCCCCCCCCCCCCCCCCCCCCCC. The molecule has 0 aromatic heterocycles. The first-order valence-electron chi connectivity index (χ1n) is 25.2. The molecule has 0 aromatic carbocycles. The molecule has 4 atom stereocenters. The van der Waals surface area contributed by atoms with Crippen LogP contribution in [-0.2, 0) is 4.79 Å². The zero-order chi connectivity index (χ0) is 41.7. The van der Waals surface area contributed by atoms with Gasteiger partial charge in [0.25, 0.3) is 0 Å². The van der Waals surface area contributed by atoms with Crippen molar-refractivity contribution in [3.63, 3.8) is 0 Å². The Morgan fingerprint density at radius 1 is 0.421 bits per heavy atom. The maximum atomic E-state index is 12.4. The zero-order valence-electron chi connectivity index (χ0n) is 38.1. The fourth-order valence-electron chi connectivity index (χ4n) is 7.86. The largest absolute Gasteiger partial charge is 0.394 e. The van der Waals surface area contributed by atoms with Gasteiger partial charge in [-0.1, -0.05) is 231 Å². The highest BCUT2D eigenvalue weighted by molar-refractivity contribution is 5.80. The second-order valence-corrected chi connectivity index (χ2v) is 17.5. The van der Waals surface area contributed by atoms with E-state index in [9.17, 15) is 25.2 Å². The van der Waals surface area contributed by atoms with Gasteiger partial charge in [-0.3, -0.25) is 4.79 Å². The Labute approximate surface area is 354 Å². The molecule has 0 aliphatic rings. The Bertz CT molecular complexity index is 863. The topological polar surface area (TPSA) is 110 Å². The van der Waals surface area contributed by atoms with Gasteiger partial charge in [0.1, 0.15) is 12.2 Å². The molecule has 0 bridgehead atoms. The van der Waals surface area contributed by atoms with Gasteiger partial charge in [0.2, 0.25) is 5.91 Å². The third-order valence-corrected chi connectivity index (χ3v) is 11.9. The molecule has 0 saturated carbocycles. The molecule has 5 N–H and O–H groups in total. The molecule has 57 heavy (non-hydrogen) atoms. The summed E-state index contributed by atoms with van der Waals surface area (Å²) in [6.07, 6.45) is 54.2. The van der Waals surface area contributed by atoms with Gasteiger partial charge in [-0.25, -0.2) is 0 Å². The average Bonchev–Trinajstić information content (AvgIpc) is 3.22. The van der Waals surface area contributed by atoms with Crippen LogP contribution in [-0.4, -0.2) is 57.3 Å². The van der Waals surface area contributed by atoms with Crippen LogP contribution >= 0.6 is 0 Å². The minimum absolute atomic E-state index is 0.341. The van der Waals surface area contributed by atoms with Crippen molar-refractivity contribution in [3.8, 4) is 0 Å². The quantitative estimate of drug-likeness (QED) is 0.0311. The molecule has 338 valence electrons. The molecule has 0 aromatic rings. The van der Waals surface area contributed by atoms with Crippen molar-refractivity contribution < 1.29 is 25.2 Å². The highest BCUT2D eigenvalue weighted by Crippen LogP contribution is 2.17. The van der Waals surface area contributed by atoms with Crippen LogP contribution in [0, 0.1) is 0 Å². The first-order chi connectivity index (χ1) is 28.0. The van der Waals surface area contributed by atoms with Crippen LogP contribution in [0.25, 0.3) is 0 Å². The van der Waals surface area contributed by atoms with E-state index in [0.717, 1.165) is 51.4 Å². The van der Waals surface area contributed by atoms with Crippen molar-refractivity contribution in [1.82, 2.24) is 5.32 Å². The van der Waals surface area contributed by atoms with E-state index in [4.69, 9.17) is 0 Å². The molecule has 6 heteroatoms. The molecule has 0 radical (unpaired) electrons. The van der Waals surface area contributed by atoms with Crippen molar-refractivity contribution in [2.45, 2.75) is 289 Å². The van der Waals surface area contributed by atoms with Crippen LogP contribution in [0.4, 0.5) is 0 Å². The van der Waals surface area contributed by atoms with Gasteiger partial charge in [-0.05, 0) is 57.8 Å². The number of rotatable bonds is 46. The van der Waals surface area contributed by atoms with Crippen LogP contribution in [0.15, 0.2) is 24.3 Å². The molecule has 0 fully saturated rings. The molecule has 0 aliphatic heterocycles. The van der Waals surface area contributed by atoms with Crippen LogP contribution in [0.1, 0.15) is 264 Å². The van der Waals surface area contributed by atoms with Gasteiger partial charge >= 0.3 is 0 Å².